The van der Waals surface area contributed by atoms with E-state index >= 15 is 0 Å². The molecule has 1 aliphatic rings. The zero-order valence-corrected chi connectivity index (χ0v) is 10.6. The normalized spacial score (nSPS) is 13.7. The molecular weight excluding hydrogens is 228 g/mol. The number of hydrogen-bond acceptors (Lipinski definition) is 2. The second-order valence-electron chi connectivity index (χ2n) is 4.60. The fourth-order valence-corrected chi connectivity index (χ4v) is 3.34. The van der Waals surface area contributed by atoms with Crippen molar-refractivity contribution < 1.29 is 4.79 Å². The highest BCUT2D eigenvalue weighted by Gasteiger charge is 2.16. The maximum atomic E-state index is 12.3. The van der Waals surface area contributed by atoms with Crippen LogP contribution in [0.4, 0.5) is 0 Å². The van der Waals surface area contributed by atoms with Crippen molar-refractivity contribution in [3.63, 3.8) is 0 Å². The van der Waals surface area contributed by atoms with E-state index in [1.54, 1.807) is 0 Å². The van der Waals surface area contributed by atoms with Crippen LogP contribution in [0.2, 0.25) is 0 Å². The van der Waals surface area contributed by atoms with E-state index in [0.29, 0.717) is 0 Å². The molecule has 0 fully saturated rings. The van der Waals surface area contributed by atoms with Crippen molar-refractivity contribution in [3.05, 3.63) is 56.8 Å². The molecule has 0 aliphatic heterocycles. The summed E-state index contributed by atoms with van der Waals surface area (Å²) in [4.78, 5) is 13.2. The van der Waals surface area contributed by atoms with Crippen LogP contribution in [0, 0.1) is 6.92 Å². The first kappa shape index (κ1) is 10.7. The highest BCUT2D eigenvalue weighted by atomic mass is 32.1. The van der Waals surface area contributed by atoms with Crippen molar-refractivity contribution in [2.75, 3.05) is 0 Å². The third kappa shape index (κ3) is 1.83. The number of rotatable bonds is 2. The average Bonchev–Trinajstić information content (AvgIpc) is 2.95. The second kappa shape index (κ2) is 4.11. The number of benzene rings is 1. The van der Waals surface area contributed by atoms with E-state index in [9.17, 15) is 4.79 Å². The van der Waals surface area contributed by atoms with Crippen molar-refractivity contribution in [1.82, 2.24) is 0 Å². The Labute approximate surface area is 105 Å². The van der Waals surface area contributed by atoms with Crippen LogP contribution < -0.4 is 0 Å². The number of ketones is 1. The number of hydrogen-bond donors (Lipinski definition) is 0. The quantitative estimate of drug-likeness (QED) is 0.732. The van der Waals surface area contributed by atoms with Gasteiger partial charge >= 0.3 is 0 Å². The fourth-order valence-electron chi connectivity index (χ4n) is 2.45. The van der Waals surface area contributed by atoms with E-state index in [2.05, 4.69) is 12.1 Å². The van der Waals surface area contributed by atoms with Gasteiger partial charge in [-0.05, 0) is 60.4 Å². The lowest BCUT2D eigenvalue weighted by molar-refractivity contribution is 0.104. The van der Waals surface area contributed by atoms with E-state index in [4.69, 9.17) is 0 Å². The van der Waals surface area contributed by atoms with Gasteiger partial charge in [0.1, 0.15) is 0 Å². The van der Waals surface area contributed by atoms with E-state index in [1.807, 2.05) is 24.4 Å². The first-order chi connectivity index (χ1) is 8.25. The van der Waals surface area contributed by atoms with Crippen molar-refractivity contribution in [2.45, 2.75) is 26.2 Å². The molecule has 1 aromatic heterocycles. The first-order valence-corrected chi connectivity index (χ1v) is 6.84. The Kier molecular flexibility index (Phi) is 2.60. The van der Waals surface area contributed by atoms with Crippen LogP contribution >= 0.6 is 11.3 Å². The lowest BCUT2D eigenvalue weighted by Crippen LogP contribution is -2.01. The van der Waals surface area contributed by atoms with Crippen molar-refractivity contribution >= 4 is 17.1 Å². The highest BCUT2D eigenvalue weighted by Crippen LogP contribution is 2.25. The predicted molar refractivity (Wildman–Crippen MR) is 71.0 cm³/mol. The third-order valence-corrected chi connectivity index (χ3v) is 4.44. The van der Waals surface area contributed by atoms with Crippen molar-refractivity contribution in [2.24, 2.45) is 0 Å². The maximum absolute atomic E-state index is 12.3. The molecule has 0 bridgehead atoms. The molecule has 3 rings (SSSR count). The summed E-state index contributed by atoms with van der Waals surface area (Å²) < 4.78 is 0. The number of aryl methyl sites for hydroxylation is 3. The zero-order valence-electron chi connectivity index (χ0n) is 9.82. The van der Waals surface area contributed by atoms with Crippen LogP contribution in [0.15, 0.2) is 29.6 Å². The highest BCUT2D eigenvalue weighted by molar-refractivity contribution is 7.12. The molecule has 1 heterocycles. The van der Waals surface area contributed by atoms with Crippen LogP contribution in [0.1, 0.15) is 38.3 Å². The first-order valence-electron chi connectivity index (χ1n) is 5.96. The number of carbonyl (C=O) groups excluding carboxylic acids is 1. The molecule has 0 N–H and O–H groups in total. The summed E-state index contributed by atoms with van der Waals surface area (Å²) in [5.41, 5.74) is 4.71. The van der Waals surface area contributed by atoms with Crippen LogP contribution in [-0.4, -0.2) is 5.78 Å². The van der Waals surface area contributed by atoms with Gasteiger partial charge < -0.3 is 0 Å². The minimum atomic E-state index is 0.173. The lowest BCUT2D eigenvalue weighted by atomic mass is 10.0. The molecule has 0 amide bonds. The van der Waals surface area contributed by atoms with Gasteiger partial charge in [-0.1, -0.05) is 12.1 Å². The Bertz CT molecular complexity index is 580. The smallest absolute Gasteiger partial charge is 0.203 e. The van der Waals surface area contributed by atoms with Crippen LogP contribution in [0.5, 0.6) is 0 Å². The van der Waals surface area contributed by atoms with Gasteiger partial charge in [0, 0.05) is 5.56 Å². The molecule has 0 radical (unpaired) electrons. The Balaban J connectivity index is 2.00. The van der Waals surface area contributed by atoms with Crippen LogP contribution in [-0.2, 0) is 12.8 Å². The molecule has 2 heteroatoms. The summed E-state index contributed by atoms with van der Waals surface area (Å²) >= 11 is 1.54. The monoisotopic (exact) mass is 242 g/mol. The Morgan fingerprint density at radius 3 is 2.76 bits per heavy atom. The van der Waals surface area contributed by atoms with Gasteiger partial charge in [0.05, 0.1) is 4.88 Å². The van der Waals surface area contributed by atoms with Gasteiger partial charge in [-0.15, -0.1) is 11.3 Å². The van der Waals surface area contributed by atoms with E-state index in [0.717, 1.165) is 22.4 Å². The summed E-state index contributed by atoms with van der Waals surface area (Å²) in [6.45, 7) is 2.00. The van der Waals surface area contributed by atoms with Crippen molar-refractivity contribution in [3.8, 4) is 0 Å². The number of fused-ring (bicyclic) bond motifs is 1. The topological polar surface area (TPSA) is 17.1 Å². The number of thiophene rings is 1. The second-order valence-corrected chi connectivity index (χ2v) is 5.52. The molecule has 0 unspecified atom stereocenters. The molecule has 0 saturated carbocycles. The van der Waals surface area contributed by atoms with Gasteiger partial charge in [-0.2, -0.15) is 0 Å². The van der Waals surface area contributed by atoms with Crippen LogP contribution in [0.25, 0.3) is 0 Å². The average molecular weight is 242 g/mol. The molecule has 86 valence electrons. The van der Waals surface area contributed by atoms with E-state index < -0.39 is 0 Å². The molecule has 0 saturated heterocycles. The summed E-state index contributed by atoms with van der Waals surface area (Å²) in [5, 5.41) is 1.98. The van der Waals surface area contributed by atoms with Gasteiger partial charge in [-0.25, -0.2) is 0 Å². The summed E-state index contributed by atoms with van der Waals surface area (Å²) in [5.74, 6) is 0.173. The third-order valence-electron chi connectivity index (χ3n) is 3.43. The Hall–Kier alpha value is -1.41. The van der Waals surface area contributed by atoms with Gasteiger partial charge in [0.15, 0.2) is 0 Å². The van der Waals surface area contributed by atoms with E-state index in [-0.39, 0.29) is 5.78 Å². The molecular formula is C15H14OS. The summed E-state index contributed by atoms with van der Waals surface area (Å²) in [6.07, 6.45) is 3.52. The van der Waals surface area contributed by atoms with E-state index in [1.165, 1.54) is 35.3 Å². The fraction of sp³-hybridized carbons (Fsp3) is 0.267. The molecule has 2 aromatic rings. The minimum absolute atomic E-state index is 0.173. The standard InChI is InChI=1S/C15H14OS/c1-10-7-8-17-15(10)14(16)13-6-5-11-3-2-4-12(11)9-13/h5-9H,2-4H2,1H3. The van der Waals surface area contributed by atoms with Crippen molar-refractivity contribution in [1.29, 1.82) is 0 Å². The van der Waals surface area contributed by atoms with Gasteiger partial charge in [0.2, 0.25) is 5.78 Å². The largest absolute Gasteiger partial charge is 0.288 e. The molecule has 17 heavy (non-hydrogen) atoms. The zero-order chi connectivity index (χ0) is 11.8. The van der Waals surface area contributed by atoms with Gasteiger partial charge in [-0.3, -0.25) is 4.79 Å². The number of carbonyl (C=O) groups is 1. The maximum Gasteiger partial charge on any atom is 0.203 e. The molecule has 1 nitrogen and oxygen atoms in total. The van der Waals surface area contributed by atoms with Gasteiger partial charge in [0.25, 0.3) is 0 Å². The molecule has 0 spiro atoms. The SMILES string of the molecule is Cc1ccsc1C(=O)c1ccc2c(c1)CCC2. The molecule has 1 aliphatic carbocycles. The molecule has 1 aromatic carbocycles. The van der Waals surface area contributed by atoms with Crippen LogP contribution in [0.3, 0.4) is 0 Å². The summed E-state index contributed by atoms with van der Waals surface area (Å²) in [6, 6.07) is 8.19. The Morgan fingerprint density at radius 1 is 1.18 bits per heavy atom. The molecule has 0 atom stereocenters. The predicted octanol–water partition coefficient (Wildman–Crippen LogP) is 3.78. The lowest BCUT2D eigenvalue weighted by Gasteiger charge is -2.03. The Morgan fingerprint density at radius 2 is 2.00 bits per heavy atom. The minimum Gasteiger partial charge on any atom is -0.288 e. The summed E-state index contributed by atoms with van der Waals surface area (Å²) in [7, 11) is 0.